The molecule has 0 radical (unpaired) electrons. The highest BCUT2D eigenvalue weighted by Crippen LogP contribution is 2.24. The van der Waals surface area contributed by atoms with Gasteiger partial charge in [-0.1, -0.05) is 13.0 Å². The molecule has 0 bridgehead atoms. The van der Waals surface area contributed by atoms with Gasteiger partial charge in [-0.3, -0.25) is 0 Å². The van der Waals surface area contributed by atoms with Gasteiger partial charge in [0, 0.05) is 26.2 Å². The zero-order valence-corrected chi connectivity index (χ0v) is 19.2. The van der Waals surface area contributed by atoms with Gasteiger partial charge < -0.3 is 25.5 Å². The quantitative estimate of drug-likeness (QED) is 0.334. The van der Waals surface area contributed by atoms with Crippen LogP contribution < -0.4 is 15.5 Å². The molecule has 0 atom stereocenters. The molecule has 0 unspecified atom stereocenters. The lowest BCUT2D eigenvalue weighted by atomic mass is 9.99. The summed E-state index contributed by atoms with van der Waals surface area (Å²) >= 11 is 0. The molecule has 3 N–H and O–H groups in total. The van der Waals surface area contributed by atoms with E-state index in [0.29, 0.717) is 38.2 Å². The van der Waals surface area contributed by atoms with Crippen molar-refractivity contribution in [2.45, 2.75) is 58.6 Å². The van der Waals surface area contributed by atoms with Gasteiger partial charge >= 0.3 is 0 Å². The first-order chi connectivity index (χ1) is 15.0. The standard InChI is InChI=1S/C24H40FN5O/c1-3-26-24(27-11-4-12-29-13-7-19(2)8-14-29)28-18-20-5-6-23(22(25)17-20)30-15-9-21(31)10-16-30/h5-6,17,19,21,31H,3-4,7-16,18H2,1-2H3,(H2,26,27,28). The van der Waals surface area contributed by atoms with Gasteiger partial charge in [0.15, 0.2) is 5.96 Å². The molecule has 2 fully saturated rings. The summed E-state index contributed by atoms with van der Waals surface area (Å²) in [6, 6.07) is 5.39. The lowest BCUT2D eigenvalue weighted by Crippen LogP contribution is -2.39. The molecule has 2 saturated heterocycles. The molecule has 2 heterocycles. The zero-order valence-electron chi connectivity index (χ0n) is 19.2. The minimum Gasteiger partial charge on any atom is -0.393 e. The first-order valence-corrected chi connectivity index (χ1v) is 12.0. The van der Waals surface area contributed by atoms with Crippen molar-refractivity contribution < 1.29 is 9.50 Å². The van der Waals surface area contributed by atoms with Crippen LogP contribution in [0.5, 0.6) is 0 Å². The summed E-state index contributed by atoms with van der Waals surface area (Å²) in [5.74, 6) is 1.44. The highest BCUT2D eigenvalue weighted by Gasteiger charge is 2.19. The largest absolute Gasteiger partial charge is 0.393 e. The topological polar surface area (TPSA) is 63.1 Å². The first kappa shape index (κ1) is 23.8. The molecule has 1 aromatic carbocycles. The average Bonchev–Trinajstić information content (AvgIpc) is 2.77. The Labute approximate surface area is 186 Å². The Balaban J connectivity index is 1.46. The summed E-state index contributed by atoms with van der Waals surface area (Å²) in [5, 5.41) is 16.3. The summed E-state index contributed by atoms with van der Waals surface area (Å²) in [6.07, 6.45) is 4.85. The smallest absolute Gasteiger partial charge is 0.191 e. The van der Waals surface area contributed by atoms with Crippen molar-refractivity contribution >= 4 is 11.6 Å². The molecule has 174 valence electrons. The predicted octanol–water partition coefficient (Wildman–Crippen LogP) is 2.96. The van der Waals surface area contributed by atoms with Crippen LogP contribution in [-0.4, -0.2) is 67.9 Å². The second kappa shape index (κ2) is 12.2. The molecule has 6 nitrogen and oxygen atoms in total. The number of hydrogen-bond acceptors (Lipinski definition) is 4. The van der Waals surface area contributed by atoms with Gasteiger partial charge in [0.05, 0.1) is 18.3 Å². The van der Waals surface area contributed by atoms with Crippen LogP contribution in [0.1, 0.15) is 51.5 Å². The van der Waals surface area contributed by atoms with E-state index in [0.717, 1.165) is 43.5 Å². The van der Waals surface area contributed by atoms with Crippen molar-refractivity contribution in [3.05, 3.63) is 29.6 Å². The van der Waals surface area contributed by atoms with Crippen LogP contribution >= 0.6 is 0 Å². The van der Waals surface area contributed by atoms with Crippen LogP contribution in [0.15, 0.2) is 23.2 Å². The number of halogens is 1. The number of hydrogen-bond donors (Lipinski definition) is 3. The van der Waals surface area contributed by atoms with E-state index >= 15 is 0 Å². The second-order valence-electron chi connectivity index (χ2n) is 9.00. The number of piperidine rings is 2. The number of anilines is 1. The maximum Gasteiger partial charge on any atom is 0.191 e. The number of benzene rings is 1. The second-order valence-corrected chi connectivity index (χ2v) is 9.00. The van der Waals surface area contributed by atoms with Crippen LogP contribution in [0.4, 0.5) is 10.1 Å². The Morgan fingerprint density at radius 2 is 1.87 bits per heavy atom. The SMILES string of the molecule is CCNC(=NCc1ccc(N2CCC(O)CC2)c(F)c1)NCCCN1CCC(C)CC1. The lowest BCUT2D eigenvalue weighted by molar-refractivity contribution is 0.145. The maximum absolute atomic E-state index is 14.7. The normalized spacial score (nSPS) is 19.6. The Morgan fingerprint density at radius 1 is 1.13 bits per heavy atom. The fourth-order valence-electron chi connectivity index (χ4n) is 4.32. The lowest BCUT2D eigenvalue weighted by Gasteiger charge is -2.31. The predicted molar refractivity (Wildman–Crippen MR) is 126 cm³/mol. The van der Waals surface area contributed by atoms with Gasteiger partial charge in [-0.05, 0) is 82.3 Å². The van der Waals surface area contributed by atoms with Gasteiger partial charge in [0.2, 0.25) is 0 Å². The first-order valence-electron chi connectivity index (χ1n) is 12.0. The minimum atomic E-state index is -0.256. The highest BCUT2D eigenvalue weighted by molar-refractivity contribution is 5.79. The van der Waals surface area contributed by atoms with Gasteiger partial charge in [0.25, 0.3) is 0 Å². The maximum atomic E-state index is 14.7. The Hall–Kier alpha value is -1.86. The average molecular weight is 434 g/mol. The van der Waals surface area contributed by atoms with Crippen molar-refractivity contribution in [3.63, 3.8) is 0 Å². The van der Waals surface area contributed by atoms with E-state index in [2.05, 4.69) is 34.4 Å². The summed E-state index contributed by atoms with van der Waals surface area (Å²) in [7, 11) is 0. The van der Waals surface area contributed by atoms with Crippen molar-refractivity contribution in [1.82, 2.24) is 15.5 Å². The monoisotopic (exact) mass is 433 g/mol. The molecule has 0 aliphatic carbocycles. The summed E-state index contributed by atoms with van der Waals surface area (Å²) in [6.45, 7) is 11.5. The molecule has 0 aromatic heterocycles. The van der Waals surface area contributed by atoms with E-state index in [4.69, 9.17) is 0 Å². The number of nitrogens with one attached hydrogen (secondary N) is 2. The van der Waals surface area contributed by atoms with E-state index in [-0.39, 0.29) is 11.9 Å². The number of aliphatic imine (C=N–C) groups is 1. The number of rotatable bonds is 8. The molecular weight excluding hydrogens is 393 g/mol. The Kier molecular flexibility index (Phi) is 9.40. The highest BCUT2D eigenvalue weighted by atomic mass is 19.1. The molecule has 2 aliphatic rings. The zero-order chi connectivity index (χ0) is 22.1. The van der Waals surface area contributed by atoms with E-state index in [1.807, 2.05) is 17.0 Å². The van der Waals surface area contributed by atoms with Crippen molar-refractivity contribution in [2.75, 3.05) is 50.7 Å². The van der Waals surface area contributed by atoms with E-state index < -0.39 is 0 Å². The molecule has 0 saturated carbocycles. The minimum absolute atomic E-state index is 0.210. The fourth-order valence-corrected chi connectivity index (χ4v) is 4.32. The number of aliphatic hydroxyl groups excluding tert-OH is 1. The van der Waals surface area contributed by atoms with Crippen LogP contribution in [-0.2, 0) is 6.54 Å². The van der Waals surface area contributed by atoms with Crippen LogP contribution in [0.25, 0.3) is 0 Å². The molecule has 3 rings (SSSR count). The Morgan fingerprint density at radius 3 is 2.55 bits per heavy atom. The van der Waals surface area contributed by atoms with Crippen LogP contribution in [0.2, 0.25) is 0 Å². The third-order valence-corrected chi connectivity index (χ3v) is 6.40. The van der Waals surface area contributed by atoms with Crippen LogP contribution in [0.3, 0.4) is 0 Å². The molecule has 0 spiro atoms. The molecule has 0 amide bonds. The molecule has 2 aliphatic heterocycles. The van der Waals surface area contributed by atoms with Gasteiger partial charge in [-0.15, -0.1) is 0 Å². The third kappa shape index (κ3) is 7.65. The van der Waals surface area contributed by atoms with E-state index in [9.17, 15) is 9.50 Å². The van der Waals surface area contributed by atoms with E-state index in [1.54, 1.807) is 6.07 Å². The van der Waals surface area contributed by atoms with Gasteiger partial charge in [0.1, 0.15) is 5.82 Å². The van der Waals surface area contributed by atoms with Gasteiger partial charge in [-0.2, -0.15) is 0 Å². The fraction of sp³-hybridized carbons (Fsp3) is 0.708. The third-order valence-electron chi connectivity index (χ3n) is 6.40. The molecule has 7 heteroatoms. The summed E-state index contributed by atoms with van der Waals surface area (Å²) < 4.78 is 14.7. The number of likely N-dealkylation sites (tertiary alicyclic amines) is 1. The molecule has 1 aromatic rings. The van der Waals surface area contributed by atoms with Crippen molar-refractivity contribution in [3.8, 4) is 0 Å². The van der Waals surface area contributed by atoms with Gasteiger partial charge in [-0.25, -0.2) is 9.38 Å². The summed E-state index contributed by atoms with van der Waals surface area (Å²) in [5.41, 5.74) is 1.48. The molecular formula is C24H40FN5O. The van der Waals surface area contributed by atoms with Crippen LogP contribution in [0, 0.1) is 11.7 Å². The van der Waals surface area contributed by atoms with Crippen molar-refractivity contribution in [2.24, 2.45) is 10.9 Å². The molecule has 31 heavy (non-hydrogen) atoms. The van der Waals surface area contributed by atoms with Crippen molar-refractivity contribution in [1.29, 1.82) is 0 Å². The van der Waals surface area contributed by atoms with E-state index in [1.165, 1.54) is 25.9 Å². The Bertz CT molecular complexity index is 697. The number of nitrogens with zero attached hydrogens (tertiary/aromatic N) is 3. The number of aliphatic hydroxyl groups is 1. The summed E-state index contributed by atoms with van der Waals surface area (Å²) in [4.78, 5) is 9.21. The number of guanidine groups is 1.